The molecule has 8 heteroatoms. The molecule has 7 nitrogen and oxygen atoms in total. The van der Waals surface area contributed by atoms with Crippen molar-refractivity contribution in [2.24, 2.45) is 5.92 Å². The Morgan fingerprint density at radius 3 is 2.31 bits per heavy atom. The van der Waals surface area contributed by atoms with Crippen LogP contribution in [0.2, 0.25) is 0 Å². The van der Waals surface area contributed by atoms with Crippen LogP contribution in [0.5, 0.6) is 0 Å². The number of sulfone groups is 1. The van der Waals surface area contributed by atoms with Crippen molar-refractivity contribution in [1.29, 1.82) is 0 Å². The van der Waals surface area contributed by atoms with Crippen LogP contribution < -0.4 is 0 Å². The highest BCUT2D eigenvalue weighted by Crippen LogP contribution is 2.32. The van der Waals surface area contributed by atoms with E-state index in [0.717, 1.165) is 37.9 Å². The van der Waals surface area contributed by atoms with E-state index in [4.69, 9.17) is 4.74 Å². The molecule has 35 heavy (non-hydrogen) atoms. The second-order valence-corrected chi connectivity index (χ2v) is 11.4. The summed E-state index contributed by atoms with van der Waals surface area (Å²) < 4.78 is 34.5. The molecule has 1 amide bonds. The van der Waals surface area contributed by atoms with Gasteiger partial charge in [-0.2, -0.15) is 0 Å². The highest BCUT2D eigenvalue weighted by Gasteiger charge is 2.36. The van der Waals surface area contributed by atoms with Crippen molar-refractivity contribution in [2.45, 2.75) is 55.8 Å². The van der Waals surface area contributed by atoms with E-state index in [2.05, 4.69) is 4.98 Å². The van der Waals surface area contributed by atoms with E-state index in [1.807, 2.05) is 53.4 Å². The molecule has 1 saturated carbocycles. The summed E-state index contributed by atoms with van der Waals surface area (Å²) in [6.07, 6.45) is 5.42. The summed E-state index contributed by atoms with van der Waals surface area (Å²) in [6.45, 7) is 1.93. The molecule has 2 fully saturated rings. The van der Waals surface area contributed by atoms with Crippen LogP contribution in [-0.4, -0.2) is 48.0 Å². The number of hydrogen-bond acceptors (Lipinski definition) is 5. The van der Waals surface area contributed by atoms with Crippen molar-refractivity contribution in [3.63, 3.8) is 0 Å². The molecule has 1 saturated heterocycles. The van der Waals surface area contributed by atoms with Crippen LogP contribution in [0.4, 0.5) is 0 Å². The van der Waals surface area contributed by atoms with E-state index in [1.165, 1.54) is 0 Å². The minimum absolute atomic E-state index is 0.0319. The van der Waals surface area contributed by atoms with E-state index in [1.54, 1.807) is 22.9 Å². The van der Waals surface area contributed by atoms with Crippen molar-refractivity contribution < 1.29 is 17.9 Å². The number of ether oxygens (including phenoxy) is 1. The predicted molar refractivity (Wildman–Crippen MR) is 132 cm³/mol. The molecule has 1 aliphatic carbocycles. The molecule has 1 aromatic heterocycles. The van der Waals surface area contributed by atoms with Crippen LogP contribution in [0.15, 0.2) is 72.0 Å². The van der Waals surface area contributed by atoms with E-state index in [-0.39, 0.29) is 28.8 Å². The molecule has 2 aliphatic rings. The van der Waals surface area contributed by atoms with Crippen LogP contribution in [0.3, 0.4) is 0 Å². The maximum atomic E-state index is 13.5. The van der Waals surface area contributed by atoms with Gasteiger partial charge in [0.2, 0.25) is 20.9 Å². The number of imidazole rings is 1. The van der Waals surface area contributed by atoms with Crippen LogP contribution in [0, 0.1) is 5.92 Å². The SMILES string of the molecule is O=C(C1CC1)N(Cc1cnc(S(=O)(=O)Cc2ccccc2)n1Cc1ccccc1)C[C@H]1CCCO1. The molecule has 0 bridgehead atoms. The van der Waals surface area contributed by atoms with Gasteiger partial charge in [0.1, 0.15) is 0 Å². The van der Waals surface area contributed by atoms with Crippen molar-refractivity contribution in [3.05, 3.63) is 83.7 Å². The van der Waals surface area contributed by atoms with Gasteiger partial charge in [-0.1, -0.05) is 60.7 Å². The Labute approximate surface area is 206 Å². The zero-order valence-corrected chi connectivity index (χ0v) is 20.6. The summed E-state index contributed by atoms with van der Waals surface area (Å²) >= 11 is 0. The fourth-order valence-corrected chi connectivity index (χ4v) is 6.10. The molecule has 1 atom stereocenters. The first-order valence-electron chi connectivity index (χ1n) is 12.2. The van der Waals surface area contributed by atoms with E-state index < -0.39 is 9.84 Å². The zero-order valence-electron chi connectivity index (χ0n) is 19.8. The van der Waals surface area contributed by atoms with Crippen LogP contribution >= 0.6 is 0 Å². The minimum atomic E-state index is -3.70. The standard InChI is InChI=1S/C27H31N3O4S/c31-26(23-13-14-23)29(19-25-12-7-15-34-25)18-24-16-28-27(30(24)17-21-8-3-1-4-9-21)35(32,33)20-22-10-5-2-6-11-22/h1-6,8-11,16,23,25H,7,12-15,17-20H2/t25-/m1/s1. The molecule has 1 aliphatic heterocycles. The number of amides is 1. The van der Waals surface area contributed by atoms with E-state index in [9.17, 15) is 13.2 Å². The Kier molecular flexibility index (Phi) is 7.02. The maximum absolute atomic E-state index is 13.5. The second kappa shape index (κ2) is 10.3. The monoisotopic (exact) mass is 493 g/mol. The Balaban J connectivity index is 1.47. The zero-order chi connectivity index (χ0) is 24.3. The van der Waals surface area contributed by atoms with Crippen molar-refractivity contribution in [2.75, 3.05) is 13.2 Å². The Morgan fingerprint density at radius 2 is 1.69 bits per heavy atom. The number of aromatic nitrogens is 2. The van der Waals surface area contributed by atoms with E-state index in [0.29, 0.717) is 30.9 Å². The van der Waals surface area contributed by atoms with Gasteiger partial charge in [-0.25, -0.2) is 13.4 Å². The minimum Gasteiger partial charge on any atom is -0.376 e. The van der Waals surface area contributed by atoms with Crippen molar-refractivity contribution in [3.8, 4) is 0 Å². The maximum Gasteiger partial charge on any atom is 0.228 e. The number of nitrogens with zero attached hydrogens (tertiary/aromatic N) is 3. The lowest BCUT2D eigenvalue weighted by molar-refractivity contribution is -0.134. The summed E-state index contributed by atoms with van der Waals surface area (Å²) in [4.78, 5) is 19.4. The first kappa shape index (κ1) is 23.8. The van der Waals surface area contributed by atoms with Crippen LogP contribution in [0.1, 0.15) is 42.5 Å². The number of rotatable bonds is 10. The van der Waals surface area contributed by atoms with Crippen LogP contribution in [0.25, 0.3) is 0 Å². The van der Waals surface area contributed by atoms with Gasteiger partial charge < -0.3 is 14.2 Å². The lowest BCUT2D eigenvalue weighted by Gasteiger charge is -2.26. The Morgan fingerprint density at radius 1 is 1.00 bits per heavy atom. The quantitative estimate of drug-likeness (QED) is 0.429. The van der Waals surface area contributed by atoms with Crippen molar-refractivity contribution >= 4 is 15.7 Å². The lowest BCUT2D eigenvalue weighted by Crippen LogP contribution is -2.38. The van der Waals surface area contributed by atoms with Gasteiger partial charge in [0.25, 0.3) is 0 Å². The topological polar surface area (TPSA) is 81.5 Å². The molecule has 0 radical (unpaired) electrons. The molecule has 0 N–H and O–H groups in total. The normalized spacial score (nSPS) is 18.0. The van der Waals surface area contributed by atoms with Gasteiger partial charge in [-0.05, 0) is 36.8 Å². The summed E-state index contributed by atoms with van der Waals surface area (Å²) in [6, 6.07) is 18.9. The average molecular weight is 494 g/mol. The first-order valence-corrected chi connectivity index (χ1v) is 13.9. The first-order chi connectivity index (χ1) is 17.0. The molecular formula is C27H31N3O4S. The number of benzene rings is 2. The summed E-state index contributed by atoms with van der Waals surface area (Å²) in [5.74, 6) is 0.0736. The fourth-order valence-electron chi connectivity index (χ4n) is 4.61. The highest BCUT2D eigenvalue weighted by molar-refractivity contribution is 7.90. The highest BCUT2D eigenvalue weighted by atomic mass is 32.2. The van der Waals surface area contributed by atoms with Crippen LogP contribution in [-0.2, 0) is 38.2 Å². The van der Waals surface area contributed by atoms with Gasteiger partial charge in [0.15, 0.2) is 0 Å². The van der Waals surface area contributed by atoms with Gasteiger partial charge in [0, 0.05) is 19.1 Å². The molecular weight excluding hydrogens is 462 g/mol. The lowest BCUT2D eigenvalue weighted by atomic mass is 10.2. The van der Waals surface area contributed by atoms with Gasteiger partial charge >= 0.3 is 0 Å². The fraction of sp³-hybridized carbons (Fsp3) is 0.407. The molecule has 3 aromatic rings. The third-order valence-corrected chi connectivity index (χ3v) is 8.20. The van der Waals surface area contributed by atoms with Gasteiger partial charge in [0.05, 0.1) is 36.8 Å². The van der Waals surface area contributed by atoms with Gasteiger partial charge in [-0.15, -0.1) is 0 Å². The Hall–Kier alpha value is -2.97. The summed E-state index contributed by atoms with van der Waals surface area (Å²) in [5.41, 5.74) is 2.40. The molecule has 2 heterocycles. The average Bonchev–Trinajstić information content (AvgIpc) is 3.44. The third kappa shape index (κ3) is 5.82. The largest absolute Gasteiger partial charge is 0.376 e. The predicted octanol–water partition coefficient (Wildman–Crippen LogP) is 3.82. The molecule has 184 valence electrons. The second-order valence-electron chi connectivity index (χ2n) is 9.48. The number of carbonyl (C=O) groups excluding carboxylic acids is 1. The Bertz CT molecular complexity index is 1250. The molecule has 2 aromatic carbocycles. The molecule has 5 rings (SSSR count). The van der Waals surface area contributed by atoms with Crippen molar-refractivity contribution in [1.82, 2.24) is 14.5 Å². The van der Waals surface area contributed by atoms with Gasteiger partial charge in [-0.3, -0.25) is 4.79 Å². The smallest absolute Gasteiger partial charge is 0.228 e. The summed E-state index contributed by atoms with van der Waals surface area (Å²) in [7, 11) is -3.70. The van der Waals surface area contributed by atoms with E-state index >= 15 is 0 Å². The molecule has 0 unspecified atom stereocenters. The number of hydrogen-bond donors (Lipinski definition) is 0. The number of carbonyl (C=O) groups is 1. The third-order valence-electron chi connectivity index (χ3n) is 6.60. The summed E-state index contributed by atoms with van der Waals surface area (Å²) in [5, 5.41) is 0.0381. The molecule has 0 spiro atoms.